The molecule has 1 aliphatic rings. The summed E-state index contributed by atoms with van der Waals surface area (Å²) in [4.78, 5) is 11.5. The molecule has 0 radical (unpaired) electrons. The Balaban J connectivity index is 2.04. The number of carbonyl (C=O) groups is 1. The van der Waals surface area contributed by atoms with Crippen molar-refractivity contribution in [3.63, 3.8) is 0 Å². The van der Waals surface area contributed by atoms with Gasteiger partial charge in [-0.2, -0.15) is 0 Å². The Bertz CT molecular complexity index is 693. The molecule has 0 N–H and O–H groups in total. The maximum absolute atomic E-state index is 11.5. The molecule has 1 aliphatic heterocycles. The molecule has 2 aromatic carbocycles. The fourth-order valence-electron chi connectivity index (χ4n) is 2.78. The summed E-state index contributed by atoms with van der Waals surface area (Å²) in [6, 6.07) is 13.8. The molecule has 4 nitrogen and oxygen atoms in total. The molecular formula is C18H18O4. The molecule has 1 heterocycles. The predicted octanol–water partition coefficient (Wildman–Crippen LogP) is 3.03. The molecule has 3 rings (SSSR count). The Kier molecular flexibility index (Phi) is 4.11. The van der Waals surface area contributed by atoms with E-state index < -0.39 is 0 Å². The third-order valence-electron chi connectivity index (χ3n) is 3.89. The fraction of sp³-hybridized carbons (Fsp3) is 0.278. The Morgan fingerprint density at radius 2 is 2.00 bits per heavy atom. The van der Waals surface area contributed by atoms with Crippen LogP contribution in [0.15, 0.2) is 42.5 Å². The normalized spacial score (nSPS) is 16.0. The number of benzene rings is 2. The van der Waals surface area contributed by atoms with E-state index in [4.69, 9.17) is 14.2 Å². The highest BCUT2D eigenvalue weighted by Crippen LogP contribution is 2.38. The van der Waals surface area contributed by atoms with E-state index in [2.05, 4.69) is 6.07 Å². The second kappa shape index (κ2) is 6.20. The third-order valence-corrected chi connectivity index (χ3v) is 3.89. The minimum atomic E-state index is -0.260. The van der Waals surface area contributed by atoms with E-state index in [0.717, 1.165) is 28.0 Å². The molecule has 0 saturated heterocycles. The first-order chi connectivity index (χ1) is 10.7. The molecule has 1 atom stereocenters. The highest BCUT2D eigenvalue weighted by molar-refractivity contribution is 5.72. The van der Waals surface area contributed by atoms with Crippen LogP contribution in [0, 0.1) is 0 Å². The smallest absolute Gasteiger partial charge is 0.309 e. The van der Waals surface area contributed by atoms with Crippen molar-refractivity contribution in [3.05, 3.63) is 64.7 Å². The van der Waals surface area contributed by atoms with E-state index in [9.17, 15) is 4.79 Å². The van der Waals surface area contributed by atoms with Gasteiger partial charge in [0.05, 0.1) is 13.5 Å². The fourth-order valence-corrected chi connectivity index (χ4v) is 2.78. The lowest BCUT2D eigenvalue weighted by molar-refractivity contribution is -0.139. The zero-order valence-electron chi connectivity index (χ0n) is 12.7. The summed E-state index contributed by atoms with van der Waals surface area (Å²) in [5.41, 5.74) is 4.03. The number of methoxy groups -OCH3 is 2. The Hall–Kier alpha value is -2.33. The van der Waals surface area contributed by atoms with Gasteiger partial charge < -0.3 is 14.2 Å². The standard InChI is InChI=1S/C18H18O4/c1-20-17(19)10-12-7-8-16-15(9-12)18(21-2)14-6-4-3-5-13(14)11-22-16/h3-9,18H,10-11H2,1-2H3/t18-/m0/s1. The topological polar surface area (TPSA) is 44.8 Å². The van der Waals surface area contributed by atoms with Crippen LogP contribution in [-0.2, 0) is 27.3 Å². The number of carbonyl (C=O) groups excluding carboxylic acids is 1. The maximum atomic E-state index is 11.5. The van der Waals surface area contributed by atoms with Crippen LogP contribution >= 0.6 is 0 Å². The van der Waals surface area contributed by atoms with Crippen molar-refractivity contribution < 1.29 is 19.0 Å². The van der Waals surface area contributed by atoms with Gasteiger partial charge in [0.15, 0.2) is 0 Å². The van der Waals surface area contributed by atoms with Crippen LogP contribution < -0.4 is 4.74 Å². The first-order valence-electron chi connectivity index (χ1n) is 7.16. The SMILES string of the molecule is COC(=O)Cc1ccc2c(c1)[C@@H](OC)c1ccccc1CO2. The summed E-state index contributed by atoms with van der Waals surface area (Å²) in [7, 11) is 3.08. The van der Waals surface area contributed by atoms with Crippen LogP contribution in [0.1, 0.15) is 28.4 Å². The van der Waals surface area contributed by atoms with Crippen LogP contribution in [0.4, 0.5) is 0 Å². The lowest BCUT2D eigenvalue weighted by Crippen LogP contribution is -2.08. The van der Waals surface area contributed by atoms with Crippen molar-refractivity contribution in [1.29, 1.82) is 0 Å². The molecule has 4 heteroatoms. The first-order valence-corrected chi connectivity index (χ1v) is 7.16. The lowest BCUT2D eigenvalue weighted by atomic mass is 9.95. The maximum Gasteiger partial charge on any atom is 0.309 e. The summed E-state index contributed by atoms with van der Waals surface area (Å²) in [6.45, 7) is 0.513. The van der Waals surface area contributed by atoms with E-state index in [1.54, 1.807) is 7.11 Å². The van der Waals surface area contributed by atoms with Gasteiger partial charge >= 0.3 is 5.97 Å². The second-order valence-corrected chi connectivity index (χ2v) is 5.23. The van der Waals surface area contributed by atoms with Gasteiger partial charge in [0.1, 0.15) is 18.5 Å². The van der Waals surface area contributed by atoms with Crippen LogP contribution in [0.3, 0.4) is 0 Å². The summed E-state index contributed by atoms with van der Waals surface area (Å²) < 4.78 is 16.3. The molecule has 0 amide bonds. The van der Waals surface area contributed by atoms with Crippen molar-refractivity contribution in [2.45, 2.75) is 19.1 Å². The average molecular weight is 298 g/mol. The first kappa shape index (κ1) is 14.6. The lowest BCUT2D eigenvalue weighted by Gasteiger charge is -2.18. The van der Waals surface area contributed by atoms with Gasteiger partial charge in [-0.3, -0.25) is 4.79 Å². The van der Waals surface area contributed by atoms with E-state index >= 15 is 0 Å². The van der Waals surface area contributed by atoms with E-state index in [1.165, 1.54) is 7.11 Å². The minimum absolute atomic E-state index is 0.203. The number of hydrogen-bond donors (Lipinski definition) is 0. The Morgan fingerprint density at radius 1 is 1.18 bits per heavy atom. The molecule has 2 aromatic rings. The quantitative estimate of drug-likeness (QED) is 0.817. The molecule has 0 saturated carbocycles. The molecule has 0 spiro atoms. The van der Waals surface area contributed by atoms with E-state index in [-0.39, 0.29) is 18.5 Å². The van der Waals surface area contributed by atoms with E-state index in [1.807, 2.05) is 36.4 Å². The molecule has 0 fully saturated rings. The van der Waals surface area contributed by atoms with Crippen molar-refractivity contribution in [2.75, 3.05) is 14.2 Å². The molecular weight excluding hydrogens is 280 g/mol. The van der Waals surface area contributed by atoms with E-state index in [0.29, 0.717) is 6.61 Å². The van der Waals surface area contributed by atoms with Gasteiger partial charge in [-0.05, 0) is 28.8 Å². The van der Waals surface area contributed by atoms with Crippen molar-refractivity contribution in [3.8, 4) is 5.75 Å². The molecule has 0 aliphatic carbocycles. The monoisotopic (exact) mass is 298 g/mol. The summed E-state index contributed by atoms with van der Waals surface area (Å²) >= 11 is 0. The summed E-state index contributed by atoms with van der Waals surface area (Å²) in [5, 5.41) is 0. The van der Waals surface area contributed by atoms with Crippen LogP contribution in [0.2, 0.25) is 0 Å². The Labute approximate surface area is 129 Å². The zero-order valence-corrected chi connectivity index (χ0v) is 12.7. The van der Waals surface area contributed by atoms with Gasteiger partial charge in [0, 0.05) is 12.7 Å². The number of esters is 1. The van der Waals surface area contributed by atoms with Crippen LogP contribution in [-0.4, -0.2) is 20.2 Å². The Morgan fingerprint density at radius 3 is 2.77 bits per heavy atom. The highest BCUT2D eigenvalue weighted by Gasteiger charge is 2.24. The van der Waals surface area contributed by atoms with Gasteiger partial charge in [-0.15, -0.1) is 0 Å². The highest BCUT2D eigenvalue weighted by atomic mass is 16.5. The molecule has 0 unspecified atom stereocenters. The minimum Gasteiger partial charge on any atom is -0.488 e. The number of ether oxygens (including phenoxy) is 3. The van der Waals surface area contributed by atoms with Gasteiger partial charge in [0.25, 0.3) is 0 Å². The third kappa shape index (κ3) is 2.70. The predicted molar refractivity (Wildman–Crippen MR) is 81.8 cm³/mol. The van der Waals surface area contributed by atoms with Gasteiger partial charge in [-0.1, -0.05) is 30.3 Å². The van der Waals surface area contributed by atoms with Gasteiger partial charge in [-0.25, -0.2) is 0 Å². The number of rotatable bonds is 3. The second-order valence-electron chi connectivity index (χ2n) is 5.23. The number of hydrogen-bond acceptors (Lipinski definition) is 4. The van der Waals surface area contributed by atoms with Crippen LogP contribution in [0.25, 0.3) is 0 Å². The van der Waals surface area contributed by atoms with Crippen LogP contribution in [0.5, 0.6) is 5.75 Å². The molecule has 0 aromatic heterocycles. The van der Waals surface area contributed by atoms with Crippen molar-refractivity contribution in [1.82, 2.24) is 0 Å². The van der Waals surface area contributed by atoms with Crippen molar-refractivity contribution in [2.24, 2.45) is 0 Å². The zero-order chi connectivity index (χ0) is 15.5. The summed E-state index contributed by atoms with van der Waals surface area (Å²) in [6.07, 6.45) is 0.0355. The van der Waals surface area contributed by atoms with Crippen molar-refractivity contribution >= 4 is 5.97 Å². The molecule has 0 bridgehead atoms. The van der Waals surface area contributed by atoms with Gasteiger partial charge in [0.2, 0.25) is 0 Å². The average Bonchev–Trinajstić information content (AvgIpc) is 2.70. The largest absolute Gasteiger partial charge is 0.488 e. The number of fused-ring (bicyclic) bond motifs is 2. The molecule has 114 valence electrons. The summed E-state index contributed by atoms with van der Waals surface area (Å²) in [5.74, 6) is 0.528. The molecule has 22 heavy (non-hydrogen) atoms.